The minimum absolute atomic E-state index is 0.00699. The molecule has 3 heterocycles. The van der Waals surface area contributed by atoms with E-state index in [1.807, 2.05) is 112 Å². The van der Waals surface area contributed by atoms with E-state index in [4.69, 9.17) is 38.1 Å². The number of benzene rings is 3. The Labute approximate surface area is 400 Å². The van der Waals surface area contributed by atoms with Gasteiger partial charge in [-0.1, -0.05) is 54.6 Å². The van der Waals surface area contributed by atoms with E-state index in [1.165, 1.54) is 10.9 Å². The molecule has 0 radical (unpaired) electrons. The summed E-state index contributed by atoms with van der Waals surface area (Å²) in [5.74, 6) is -0.782. The van der Waals surface area contributed by atoms with Gasteiger partial charge in [-0.25, -0.2) is 14.3 Å². The van der Waals surface area contributed by atoms with Crippen LogP contribution in [-0.2, 0) is 35.3 Å². The number of nitrogens with one attached hydrogen (secondary N) is 3. The van der Waals surface area contributed by atoms with Gasteiger partial charge in [-0.05, 0) is 88.5 Å². The fraction of sp³-hybridized carbons (Fsp3) is 0.458. The number of fused-ring (bicyclic) bond motifs is 1. The van der Waals surface area contributed by atoms with E-state index in [0.717, 1.165) is 16.7 Å². The number of aliphatic imine (C=N–C) groups is 1. The molecule has 1 fully saturated rings. The van der Waals surface area contributed by atoms with Crippen molar-refractivity contribution in [3.8, 4) is 17.6 Å². The number of halogens is 3. The molecule has 3 aromatic carbocycles. The van der Waals surface area contributed by atoms with Gasteiger partial charge < -0.3 is 38.6 Å². The molecule has 6 rings (SSSR count). The molecular weight excluding hydrogens is 919 g/mol. The number of nitriles is 1. The molecule has 2 unspecified atom stereocenters. The highest BCUT2D eigenvalue weighted by Crippen LogP contribution is 2.51. The first-order chi connectivity index (χ1) is 33.1. The molecular formula is C48H59F3N9O8P. The maximum absolute atomic E-state index is 13.9. The molecule has 17 nitrogen and oxygen atoms in total. The number of rotatable bonds is 24. The number of aryl methyl sites for hydroxylation is 1. The number of methoxy groups -OCH3 is 2. The topological polar surface area (TPSA) is 199 Å². The number of alkyl halides is 3. The van der Waals surface area contributed by atoms with Crippen LogP contribution in [0.25, 0.3) is 11.0 Å². The molecule has 5 aromatic rings. The Balaban J connectivity index is 1.47. The van der Waals surface area contributed by atoms with Crippen molar-refractivity contribution < 1.29 is 46.0 Å². The zero-order chi connectivity index (χ0) is 49.7. The van der Waals surface area contributed by atoms with Gasteiger partial charge in [0.25, 0.3) is 14.1 Å². The van der Waals surface area contributed by atoms with Crippen molar-refractivity contribution in [3.63, 3.8) is 0 Å². The summed E-state index contributed by atoms with van der Waals surface area (Å²) in [5.41, 5.74) is 0.888. The van der Waals surface area contributed by atoms with E-state index >= 15 is 0 Å². The summed E-state index contributed by atoms with van der Waals surface area (Å²) in [6, 6.07) is 27.1. The second kappa shape index (κ2) is 24.2. The van der Waals surface area contributed by atoms with Crippen LogP contribution in [0.15, 0.2) is 88.6 Å². The minimum atomic E-state index is -5.05. The zero-order valence-electron chi connectivity index (χ0n) is 39.7. The quantitative estimate of drug-likeness (QED) is 0.0236. The first kappa shape index (κ1) is 52.6. The lowest BCUT2D eigenvalue weighted by Gasteiger charge is -2.39. The Morgan fingerprint density at radius 3 is 2.20 bits per heavy atom. The summed E-state index contributed by atoms with van der Waals surface area (Å²) < 4.78 is 81.4. The van der Waals surface area contributed by atoms with E-state index in [2.05, 4.69) is 26.0 Å². The SMILES string of the molecule is CNC/C=N/c1nc2c(c(CCCNC(=O)C(F)(F)F)nn2[C@H]2CC(OP(OCCC#N)N(C(C)C)C(C)C)[C@@H](COC(c3ccccc3)(c3ccc(OC)cc3)c3ccc(OC)cc3)O2)c(=O)[nH]1. The minimum Gasteiger partial charge on any atom is -0.497 e. The molecule has 21 heteroatoms. The molecule has 4 atom stereocenters. The number of aromatic nitrogens is 4. The van der Waals surface area contributed by atoms with E-state index in [-0.39, 0.29) is 80.2 Å². The molecule has 0 bridgehead atoms. The Kier molecular flexibility index (Phi) is 18.4. The summed E-state index contributed by atoms with van der Waals surface area (Å²) in [4.78, 5) is 37.1. The van der Waals surface area contributed by atoms with E-state index < -0.39 is 50.2 Å². The van der Waals surface area contributed by atoms with Gasteiger partial charge in [0.05, 0.1) is 51.7 Å². The highest BCUT2D eigenvalue weighted by atomic mass is 31.2. The van der Waals surface area contributed by atoms with Crippen LogP contribution in [-0.4, -0.2) is 115 Å². The largest absolute Gasteiger partial charge is 0.497 e. The average Bonchev–Trinajstić information content (AvgIpc) is 3.91. The third kappa shape index (κ3) is 12.7. The number of carbonyl (C=O) groups excluding carboxylic acids is 1. The van der Waals surface area contributed by atoms with E-state index in [0.29, 0.717) is 18.0 Å². The Morgan fingerprint density at radius 1 is 1.01 bits per heavy atom. The van der Waals surface area contributed by atoms with Crippen LogP contribution in [0.4, 0.5) is 19.1 Å². The Morgan fingerprint density at radius 2 is 1.64 bits per heavy atom. The number of ether oxygens (including phenoxy) is 4. The summed E-state index contributed by atoms with van der Waals surface area (Å²) in [5, 5.41) is 19.2. The van der Waals surface area contributed by atoms with E-state index in [1.54, 1.807) is 21.3 Å². The normalized spacial score (nSPS) is 17.0. The number of hydrogen-bond donors (Lipinski definition) is 3. The predicted molar refractivity (Wildman–Crippen MR) is 254 cm³/mol. The van der Waals surface area contributed by atoms with Gasteiger partial charge in [-0.3, -0.25) is 14.6 Å². The number of carbonyl (C=O) groups is 1. The third-order valence-electron chi connectivity index (χ3n) is 11.2. The van der Waals surface area contributed by atoms with Gasteiger partial charge in [-0.2, -0.15) is 28.5 Å². The van der Waals surface area contributed by atoms with Crippen LogP contribution in [0.3, 0.4) is 0 Å². The lowest BCUT2D eigenvalue weighted by Crippen LogP contribution is -2.39. The Bertz CT molecular complexity index is 2520. The highest BCUT2D eigenvalue weighted by molar-refractivity contribution is 7.44. The lowest BCUT2D eigenvalue weighted by molar-refractivity contribution is -0.173. The van der Waals surface area contributed by atoms with Gasteiger partial charge >= 0.3 is 12.1 Å². The van der Waals surface area contributed by atoms with Gasteiger partial charge in [0.1, 0.15) is 28.6 Å². The molecule has 1 aliphatic rings. The summed E-state index contributed by atoms with van der Waals surface area (Å²) in [7, 11) is 3.11. The van der Waals surface area contributed by atoms with Crippen LogP contribution < -0.4 is 25.7 Å². The van der Waals surface area contributed by atoms with Gasteiger partial charge in [0.15, 0.2) is 11.9 Å². The van der Waals surface area contributed by atoms with Crippen molar-refractivity contribution >= 4 is 37.6 Å². The number of nitrogens with zero attached hydrogens (tertiary/aromatic N) is 6. The molecule has 1 aliphatic heterocycles. The van der Waals surface area contributed by atoms with Gasteiger partial charge in [0.2, 0.25) is 5.95 Å². The zero-order valence-corrected chi connectivity index (χ0v) is 40.6. The molecule has 3 N–H and O–H groups in total. The molecule has 0 saturated carbocycles. The van der Waals surface area contributed by atoms with Crippen LogP contribution in [0.2, 0.25) is 0 Å². The van der Waals surface area contributed by atoms with Crippen molar-refractivity contribution in [1.29, 1.82) is 5.26 Å². The summed E-state index contributed by atoms with van der Waals surface area (Å²) in [6.45, 7) is 8.22. The standard InChI is InChI=1S/C48H59F3N9O8P/c1-31(2)60(32(3)4)69(66-28-12-24-52)68-39-29-41(59-43-42(44(61)57-46(56-43)55-27-26-53-5)38(58-59)15-11-25-54-45(62)48(49,50)51)67-40(39)30-65-47(33-13-9-8-10-14-33,34-16-20-36(63-6)21-17-34)35-18-22-37(64-7)23-19-35/h8-10,13-14,16-23,27,31-32,39-41,53H,11-12,15,25-26,28-30H2,1-7H3,(H,54,62)(H,56,57,61)/b55-27+/t39?,40-,41-,69?/m1/s1. The molecule has 370 valence electrons. The van der Waals surface area contributed by atoms with Gasteiger partial charge in [0, 0.05) is 37.8 Å². The third-order valence-corrected chi connectivity index (χ3v) is 13.4. The maximum atomic E-state index is 13.9. The molecule has 1 saturated heterocycles. The van der Waals surface area contributed by atoms with Crippen molar-refractivity contribution in [3.05, 3.63) is 112 Å². The molecule has 0 aliphatic carbocycles. The maximum Gasteiger partial charge on any atom is 0.471 e. The van der Waals surface area contributed by atoms with E-state index in [9.17, 15) is 28.0 Å². The van der Waals surface area contributed by atoms with Crippen molar-refractivity contribution in [2.24, 2.45) is 4.99 Å². The highest BCUT2D eigenvalue weighted by Gasteiger charge is 2.46. The fourth-order valence-corrected chi connectivity index (χ4v) is 9.88. The first-order valence-corrected chi connectivity index (χ1v) is 23.7. The van der Waals surface area contributed by atoms with Crippen LogP contribution in [0.1, 0.15) is 75.6 Å². The lowest BCUT2D eigenvalue weighted by atomic mass is 9.80. The fourth-order valence-electron chi connectivity index (χ4n) is 8.12. The second-order valence-corrected chi connectivity index (χ2v) is 18.0. The number of amides is 1. The second-order valence-electron chi connectivity index (χ2n) is 16.6. The smallest absolute Gasteiger partial charge is 0.471 e. The van der Waals surface area contributed by atoms with Crippen LogP contribution >= 0.6 is 8.53 Å². The van der Waals surface area contributed by atoms with Gasteiger partial charge in [-0.15, -0.1) is 0 Å². The number of H-pyrrole nitrogens is 1. The summed E-state index contributed by atoms with van der Waals surface area (Å²) in [6.07, 6.45) is -5.74. The summed E-state index contributed by atoms with van der Waals surface area (Å²) >= 11 is 0. The number of aromatic amines is 1. The molecule has 1 amide bonds. The van der Waals surface area contributed by atoms with Crippen LogP contribution in [0, 0.1) is 11.3 Å². The van der Waals surface area contributed by atoms with Crippen LogP contribution in [0.5, 0.6) is 11.5 Å². The Hall–Kier alpha value is -5.78. The molecule has 0 spiro atoms. The van der Waals surface area contributed by atoms with Crippen molar-refractivity contribution in [1.82, 2.24) is 35.1 Å². The molecule has 2 aromatic heterocycles. The van der Waals surface area contributed by atoms with Crippen molar-refractivity contribution in [2.75, 3.05) is 47.6 Å². The average molecular weight is 978 g/mol. The number of hydrogen-bond acceptors (Lipinski definition) is 14. The predicted octanol–water partition coefficient (Wildman–Crippen LogP) is 7.63. The molecule has 69 heavy (non-hydrogen) atoms. The first-order valence-electron chi connectivity index (χ1n) is 22.6. The monoisotopic (exact) mass is 977 g/mol. The van der Waals surface area contributed by atoms with Crippen molar-refractivity contribution in [2.45, 2.75) is 95.7 Å².